The zero-order chi connectivity index (χ0) is 15.6. The first kappa shape index (κ1) is 17.4. The number of amides is 1. The van der Waals surface area contributed by atoms with Crippen LogP contribution in [-0.2, 0) is 0 Å². The SMILES string of the molecule is Cl.O=C(c1ccc(-c2nc3ccccc3s2)s1)N1CCCNCC1. The largest absolute Gasteiger partial charge is 0.337 e. The van der Waals surface area contributed by atoms with Crippen molar-refractivity contribution in [2.24, 2.45) is 0 Å². The molecule has 3 heterocycles. The van der Waals surface area contributed by atoms with Crippen molar-refractivity contribution in [3.8, 4) is 9.88 Å². The Balaban J connectivity index is 0.00000169. The lowest BCUT2D eigenvalue weighted by molar-refractivity contribution is 0.0771. The maximum absolute atomic E-state index is 12.7. The average molecular weight is 380 g/mol. The molecule has 3 aromatic rings. The van der Waals surface area contributed by atoms with Crippen molar-refractivity contribution in [2.75, 3.05) is 26.2 Å². The maximum atomic E-state index is 12.7. The zero-order valence-electron chi connectivity index (χ0n) is 13.0. The van der Waals surface area contributed by atoms with Crippen LogP contribution in [0.5, 0.6) is 0 Å². The Morgan fingerprint density at radius 1 is 1.08 bits per heavy atom. The maximum Gasteiger partial charge on any atom is 0.263 e. The summed E-state index contributed by atoms with van der Waals surface area (Å²) in [5.41, 5.74) is 1.02. The van der Waals surface area contributed by atoms with Gasteiger partial charge in [0.2, 0.25) is 0 Å². The summed E-state index contributed by atoms with van der Waals surface area (Å²) in [5, 5.41) is 4.32. The molecule has 1 aliphatic rings. The molecule has 0 bridgehead atoms. The molecule has 1 fully saturated rings. The second-order valence-corrected chi connectivity index (χ2v) is 7.66. The monoisotopic (exact) mass is 379 g/mol. The summed E-state index contributed by atoms with van der Waals surface area (Å²) in [7, 11) is 0. The number of carbonyl (C=O) groups excluding carboxylic acids is 1. The summed E-state index contributed by atoms with van der Waals surface area (Å²) in [5.74, 6) is 0.145. The number of para-hydroxylation sites is 1. The van der Waals surface area contributed by atoms with Crippen molar-refractivity contribution >= 4 is 51.2 Å². The van der Waals surface area contributed by atoms with Gasteiger partial charge in [0.1, 0.15) is 5.01 Å². The third-order valence-electron chi connectivity index (χ3n) is 3.95. The first-order chi connectivity index (χ1) is 11.3. The van der Waals surface area contributed by atoms with Gasteiger partial charge in [-0.15, -0.1) is 35.1 Å². The van der Waals surface area contributed by atoms with Gasteiger partial charge in [-0.1, -0.05) is 12.1 Å². The van der Waals surface area contributed by atoms with Crippen LogP contribution in [-0.4, -0.2) is 42.0 Å². The zero-order valence-corrected chi connectivity index (χ0v) is 15.5. The Morgan fingerprint density at radius 3 is 2.83 bits per heavy atom. The number of nitrogens with one attached hydrogen (secondary N) is 1. The number of rotatable bonds is 2. The van der Waals surface area contributed by atoms with Gasteiger partial charge in [-0.3, -0.25) is 4.79 Å². The third-order valence-corrected chi connectivity index (χ3v) is 6.23. The Morgan fingerprint density at radius 2 is 1.96 bits per heavy atom. The highest BCUT2D eigenvalue weighted by atomic mass is 35.5. The van der Waals surface area contributed by atoms with E-state index in [0.29, 0.717) is 0 Å². The van der Waals surface area contributed by atoms with Crippen LogP contribution >= 0.6 is 35.1 Å². The molecule has 7 heteroatoms. The van der Waals surface area contributed by atoms with Gasteiger partial charge in [0.15, 0.2) is 0 Å². The molecule has 1 saturated heterocycles. The van der Waals surface area contributed by atoms with Gasteiger partial charge in [0.05, 0.1) is 20.0 Å². The van der Waals surface area contributed by atoms with Gasteiger partial charge in [-0.25, -0.2) is 4.98 Å². The van der Waals surface area contributed by atoms with Crippen LogP contribution in [0.25, 0.3) is 20.1 Å². The van der Waals surface area contributed by atoms with Gasteiger partial charge >= 0.3 is 0 Å². The van der Waals surface area contributed by atoms with Gasteiger partial charge in [0.25, 0.3) is 5.91 Å². The van der Waals surface area contributed by atoms with E-state index in [1.54, 1.807) is 22.7 Å². The minimum Gasteiger partial charge on any atom is -0.337 e. The molecule has 0 unspecified atom stereocenters. The third kappa shape index (κ3) is 3.47. The van der Waals surface area contributed by atoms with E-state index < -0.39 is 0 Å². The molecule has 0 atom stereocenters. The summed E-state index contributed by atoms with van der Waals surface area (Å²) in [6.07, 6.45) is 1.02. The van der Waals surface area contributed by atoms with E-state index >= 15 is 0 Å². The van der Waals surface area contributed by atoms with Crippen molar-refractivity contribution < 1.29 is 4.79 Å². The van der Waals surface area contributed by atoms with Crippen molar-refractivity contribution in [3.05, 3.63) is 41.3 Å². The van der Waals surface area contributed by atoms with E-state index in [1.807, 2.05) is 35.2 Å². The average Bonchev–Trinajstić information content (AvgIpc) is 3.14. The van der Waals surface area contributed by atoms with E-state index in [9.17, 15) is 4.79 Å². The molecule has 126 valence electrons. The molecule has 4 nitrogen and oxygen atoms in total. The number of aromatic nitrogens is 1. The van der Waals surface area contributed by atoms with Crippen LogP contribution < -0.4 is 5.32 Å². The fourth-order valence-corrected chi connectivity index (χ4v) is 4.74. The highest BCUT2D eigenvalue weighted by molar-refractivity contribution is 7.26. The smallest absolute Gasteiger partial charge is 0.263 e. The molecule has 1 aliphatic heterocycles. The highest BCUT2D eigenvalue weighted by Crippen LogP contribution is 2.34. The first-order valence-corrected chi connectivity index (χ1v) is 9.40. The van der Waals surface area contributed by atoms with Crippen LogP contribution in [0, 0.1) is 0 Å². The molecular weight excluding hydrogens is 362 g/mol. The molecular formula is C17H18ClN3OS2. The topological polar surface area (TPSA) is 45.2 Å². The number of carbonyl (C=O) groups is 1. The number of fused-ring (bicyclic) bond motifs is 1. The quantitative estimate of drug-likeness (QED) is 0.734. The summed E-state index contributed by atoms with van der Waals surface area (Å²) in [6, 6.07) is 12.1. The number of benzene rings is 1. The first-order valence-electron chi connectivity index (χ1n) is 7.77. The number of hydrogen-bond donors (Lipinski definition) is 1. The van der Waals surface area contributed by atoms with E-state index in [2.05, 4.69) is 16.4 Å². The molecule has 1 aromatic carbocycles. The molecule has 1 amide bonds. The Hall–Kier alpha value is -1.47. The predicted molar refractivity (Wildman–Crippen MR) is 104 cm³/mol. The standard InChI is InChI=1S/C17H17N3OS2.ClH/c21-17(20-10-3-8-18-9-11-20)15-7-6-14(22-15)16-19-12-4-1-2-5-13(12)23-16;/h1-2,4-7,18H,3,8-11H2;1H. The second kappa shape index (κ2) is 7.61. The van der Waals surface area contributed by atoms with E-state index in [0.717, 1.165) is 52.9 Å². The second-order valence-electron chi connectivity index (χ2n) is 5.55. The molecule has 2 aromatic heterocycles. The van der Waals surface area contributed by atoms with Crippen molar-refractivity contribution in [3.63, 3.8) is 0 Å². The minimum absolute atomic E-state index is 0. The van der Waals surface area contributed by atoms with Crippen molar-refractivity contribution in [1.82, 2.24) is 15.2 Å². The van der Waals surface area contributed by atoms with Gasteiger partial charge in [-0.2, -0.15) is 0 Å². The summed E-state index contributed by atoms with van der Waals surface area (Å²) in [6.45, 7) is 3.49. The van der Waals surface area contributed by atoms with E-state index in [1.165, 1.54) is 4.70 Å². The summed E-state index contributed by atoms with van der Waals surface area (Å²) < 4.78 is 1.18. The van der Waals surface area contributed by atoms with Crippen LogP contribution in [0.3, 0.4) is 0 Å². The lowest BCUT2D eigenvalue weighted by atomic mass is 10.3. The van der Waals surface area contributed by atoms with Crippen molar-refractivity contribution in [1.29, 1.82) is 0 Å². The Kier molecular flexibility index (Phi) is 5.50. The fraction of sp³-hybridized carbons (Fsp3) is 0.294. The Labute approximate surface area is 154 Å². The molecule has 0 saturated carbocycles. The Bertz CT molecular complexity index is 804. The summed E-state index contributed by atoms with van der Waals surface area (Å²) in [4.78, 5) is 21.2. The molecule has 1 N–H and O–H groups in total. The lowest BCUT2D eigenvalue weighted by Gasteiger charge is -2.18. The lowest BCUT2D eigenvalue weighted by Crippen LogP contribution is -2.33. The van der Waals surface area contributed by atoms with Gasteiger partial charge in [0, 0.05) is 19.6 Å². The molecule has 4 rings (SSSR count). The van der Waals surface area contributed by atoms with Crippen LogP contribution in [0.15, 0.2) is 36.4 Å². The van der Waals surface area contributed by atoms with Crippen molar-refractivity contribution in [2.45, 2.75) is 6.42 Å². The predicted octanol–water partition coefficient (Wildman–Crippen LogP) is 3.88. The van der Waals surface area contributed by atoms with Crippen LogP contribution in [0.4, 0.5) is 0 Å². The van der Waals surface area contributed by atoms with Crippen LogP contribution in [0.1, 0.15) is 16.1 Å². The normalized spacial score (nSPS) is 15.1. The number of halogens is 1. The fourth-order valence-electron chi connectivity index (χ4n) is 2.75. The molecule has 0 radical (unpaired) electrons. The number of thiazole rings is 1. The number of nitrogens with zero attached hydrogens (tertiary/aromatic N) is 2. The molecule has 0 aliphatic carbocycles. The van der Waals surface area contributed by atoms with Gasteiger partial charge in [-0.05, 0) is 37.2 Å². The molecule has 24 heavy (non-hydrogen) atoms. The summed E-state index contributed by atoms with van der Waals surface area (Å²) >= 11 is 3.22. The van der Waals surface area contributed by atoms with E-state index in [4.69, 9.17) is 0 Å². The highest BCUT2D eigenvalue weighted by Gasteiger charge is 2.19. The molecule has 0 spiro atoms. The minimum atomic E-state index is 0. The van der Waals surface area contributed by atoms with E-state index in [-0.39, 0.29) is 18.3 Å². The number of thiophene rings is 1. The van der Waals surface area contributed by atoms with Crippen LogP contribution in [0.2, 0.25) is 0 Å². The number of hydrogen-bond acceptors (Lipinski definition) is 5. The van der Waals surface area contributed by atoms with Gasteiger partial charge < -0.3 is 10.2 Å².